The molecule has 1 aliphatic heterocycles. The Balaban J connectivity index is 1.62. The highest BCUT2D eigenvalue weighted by Gasteiger charge is 2.23. The van der Waals surface area contributed by atoms with Crippen LogP contribution in [0.3, 0.4) is 0 Å². The molecule has 1 N–H and O–H groups in total. The zero-order valence-corrected chi connectivity index (χ0v) is 15.9. The summed E-state index contributed by atoms with van der Waals surface area (Å²) in [5.74, 6) is 0.848. The Morgan fingerprint density at radius 3 is 2.92 bits per heavy atom. The minimum absolute atomic E-state index is 0.00357. The van der Waals surface area contributed by atoms with Crippen molar-refractivity contribution in [1.29, 1.82) is 0 Å². The van der Waals surface area contributed by atoms with Gasteiger partial charge in [-0.1, -0.05) is 25.5 Å². The number of ether oxygens (including phenoxy) is 1. The van der Waals surface area contributed by atoms with E-state index in [9.17, 15) is 4.79 Å². The minimum atomic E-state index is -0.00357. The lowest BCUT2D eigenvalue weighted by Crippen LogP contribution is -2.32. The van der Waals surface area contributed by atoms with Crippen molar-refractivity contribution in [3.8, 4) is 17.0 Å². The number of aromatic nitrogens is 2. The van der Waals surface area contributed by atoms with E-state index in [0.717, 1.165) is 54.2 Å². The third-order valence-corrected chi connectivity index (χ3v) is 4.85. The molecule has 2 aromatic rings. The summed E-state index contributed by atoms with van der Waals surface area (Å²) in [5, 5.41) is 7.43. The van der Waals surface area contributed by atoms with Crippen molar-refractivity contribution in [3.63, 3.8) is 0 Å². The second-order valence-corrected chi connectivity index (χ2v) is 6.69. The van der Waals surface area contributed by atoms with E-state index < -0.39 is 0 Å². The molecule has 0 aliphatic carbocycles. The second-order valence-electron chi connectivity index (χ2n) is 6.69. The number of carbonyl (C=O) groups is 1. The van der Waals surface area contributed by atoms with Gasteiger partial charge in [0.25, 0.3) is 0 Å². The summed E-state index contributed by atoms with van der Waals surface area (Å²) in [6, 6.07) is 6.11. The summed E-state index contributed by atoms with van der Waals surface area (Å²) < 4.78 is 7.58. The Kier molecular flexibility index (Phi) is 5.93. The van der Waals surface area contributed by atoms with E-state index in [1.54, 1.807) is 10.9 Å². The van der Waals surface area contributed by atoms with Crippen LogP contribution < -0.4 is 10.1 Å². The molecule has 140 valence electrons. The number of amides is 1. The number of nitrogens with one attached hydrogen (secondary N) is 1. The van der Waals surface area contributed by atoms with Gasteiger partial charge >= 0.3 is 0 Å². The SMILES string of the molecule is CCN(CC)CCCNC(=O)Cn1ncc2c1-c1cc(C)ccc1OC2. The van der Waals surface area contributed by atoms with Gasteiger partial charge in [-0.05, 0) is 45.1 Å². The van der Waals surface area contributed by atoms with Crippen LogP contribution in [0.1, 0.15) is 31.4 Å². The van der Waals surface area contributed by atoms with Crippen LogP contribution in [-0.4, -0.2) is 46.8 Å². The Hall–Kier alpha value is -2.34. The quantitative estimate of drug-likeness (QED) is 0.739. The molecule has 0 saturated carbocycles. The van der Waals surface area contributed by atoms with Crippen LogP contribution in [-0.2, 0) is 17.9 Å². The molecule has 3 rings (SSSR count). The standard InChI is InChI=1S/C20H28N4O2/c1-4-23(5-2)10-6-9-21-19(25)13-24-20-16(12-22-24)14-26-18-8-7-15(3)11-17(18)20/h7-8,11-12H,4-6,9-10,13-14H2,1-3H3,(H,21,25). The molecule has 0 spiro atoms. The number of nitrogens with zero attached hydrogens (tertiary/aromatic N) is 3. The number of hydrogen-bond acceptors (Lipinski definition) is 4. The number of benzene rings is 1. The molecule has 0 unspecified atom stereocenters. The van der Waals surface area contributed by atoms with Crippen molar-refractivity contribution in [2.75, 3.05) is 26.2 Å². The van der Waals surface area contributed by atoms with Crippen molar-refractivity contribution in [2.24, 2.45) is 0 Å². The fraction of sp³-hybridized carbons (Fsp3) is 0.500. The smallest absolute Gasteiger partial charge is 0.241 e. The van der Waals surface area contributed by atoms with Gasteiger partial charge in [0.15, 0.2) is 0 Å². The largest absolute Gasteiger partial charge is 0.488 e. The molecule has 0 radical (unpaired) electrons. The highest BCUT2D eigenvalue weighted by atomic mass is 16.5. The fourth-order valence-electron chi connectivity index (χ4n) is 3.33. The van der Waals surface area contributed by atoms with Gasteiger partial charge in [-0.25, -0.2) is 0 Å². The maximum absolute atomic E-state index is 12.3. The van der Waals surface area contributed by atoms with E-state index in [2.05, 4.69) is 42.2 Å². The highest BCUT2D eigenvalue weighted by molar-refractivity contribution is 5.78. The normalized spacial score (nSPS) is 12.5. The van der Waals surface area contributed by atoms with Crippen LogP contribution in [0.4, 0.5) is 0 Å². The molecule has 0 fully saturated rings. The molecular formula is C20H28N4O2. The Morgan fingerprint density at radius 2 is 2.15 bits per heavy atom. The second kappa shape index (κ2) is 8.36. The number of hydrogen-bond donors (Lipinski definition) is 1. The summed E-state index contributed by atoms with van der Waals surface area (Å²) in [7, 11) is 0. The predicted molar refractivity (Wildman–Crippen MR) is 102 cm³/mol. The van der Waals surface area contributed by atoms with Gasteiger partial charge in [-0.3, -0.25) is 9.48 Å². The minimum Gasteiger partial charge on any atom is -0.488 e. The Labute approximate surface area is 155 Å². The van der Waals surface area contributed by atoms with Gasteiger partial charge in [0.1, 0.15) is 18.9 Å². The van der Waals surface area contributed by atoms with Crippen LogP contribution in [0.25, 0.3) is 11.3 Å². The van der Waals surface area contributed by atoms with Gasteiger partial charge in [-0.2, -0.15) is 5.10 Å². The van der Waals surface area contributed by atoms with E-state index in [-0.39, 0.29) is 12.5 Å². The van der Waals surface area contributed by atoms with Crippen molar-refractivity contribution >= 4 is 5.91 Å². The van der Waals surface area contributed by atoms with Crippen LogP contribution in [0, 0.1) is 6.92 Å². The van der Waals surface area contributed by atoms with Crippen molar-refractivity contribution in [1.82, 2.24) is 20.0 Å². The van der Waals surface area contributed by atoms with Crippen LogP contribution in [0.5, 0.6) is 5.75 Å². The summed E-state index contributed by atoms with van der Waals surface area (Å²) in [4.78, 5) is 14.7. The topological polar surface area (TPSA) is 59.4 Å². The maximum atomic E-state index is 12.3. The summed E-state index contributed by atoms with van der Waals surface area (Å²) >= 11 is 0. The van der Waals surface area contributed by atoms with Crippen molar-refractivity contribution in [2.45, 2.75) is 40.3 Å². The Morgan fingerprint density at radius 1 is 1.35 bits per heavy atom. The lowest BCUT2D eigenvalue weighted by molar-refractivity contribution is -0.121. The van der Waals surface area contributed by atoms with Gasteiger partial charge in [0, 0.05) is 17.7 Å². The molecule has 6 nitrogen and oxygen atoms in total. The van der Waals surface area contributed by atoms with E-state index in [1.165, 1.54) is 0 Å². The van der Waals surface area contributed by atoms with Crippen LogP contribution in [0.2, 0.25) is 0 Å². The highest BCUT2D eigenvalue weighted by Crippen LogP contribution is 2.37. The van der Waals surface area contributed by atoms with E-state index >= 15 is 0 Å². The molecule has 1 aliphatic rings. The van der Waals surface area contributed by atoms with E-state index in [0.29, 0.717) is 13.2 Å². The van der Waals surface area contributed by atoms with Crippen LogP contribution >= 0.6 is 0 Å². The molecule has 1 amide bonds. The number of rotatable bonds is 8. The molecule has 1 aromatic carbocycles. The number of carbonyl (C=O) groups excluding carboxylic acids is 1. The summed E-state index contributed by atoms with van der Waals surface area (Å²) in [6.45, 7) is 10.9. The first-order valence-corrected chi connectivity index (χ1v) is 9.40. The Bertz CT molecular complexity index is 765. The lowest BCUT2D eigenvalue weighted by Gasteiger charge is -2.20. The molecular weight excluding hydrogens is 328 g/mol. The van der Waals surface area contributed by atoms with Gasteiger partial charge in [0.2, 0.25) is 5.91 Å². The first kappa shape index (κ1) is 18.5. The van der Waals surface area contributed by atoms with Crippen molar-refractivity contribution < 1.29 is 9.53 Å². The number of aryl methyl sites for hydroxylation is 1. The van der Waals surface area contributed by atoms with Gasteiger partial charge in [0.05, 0.1) is 11.9 Å². The predicted octanol–water partition coefficient (Wildman–Crippen LogP) is 2.60. The van der Waals surface area contributed by atoms with Gasteiger partial charge < -0.3 is 15.0 Å². The summed E-state index contributed by atoms with van der Waals surface area (Å²) in [6.07, 6.45) is 2.76. The van der Waals surface area contributed by atoms with Crippen molar-refractivity contribution in [3.05, 3.63) is 35.5 Å². The monoisotopic (exact) mass is 356 g/mol. The van der Waals surface area contributed by atoms with Crippen LogP contribution in [0.15, 0.2) is 24.4 Å². The third kappa shape index (κ3) is 4.07. The molecule has 6 heteroatoms. The lowest BCUT2D eigenvalue weighted by atomic mass is 10.0. The number of fused-ring (bicyclic) bond motifs is 3. The maximum Gasteiger partial charge on any atom is 0.241 e. The molecule has 26 heavy (non-hydrogen) atoms. The van der Waals surface area contributed by atoms with E-state index in [1.807, 2.05) is 12.1 Å². The molecule has 0 atom stereocenters. The molecule has 0 bridgehead atoms. The first-order valence-electron chi connectivity index (χ1n) is 9.40. The van der Waals surface area contributed by atoms with Gasteiger partial charge in [-0.15, -0.1) is 0 Å². The molecule has 1 aromatic heterocycles. The third-order valence-electron chi connectivity index (χ3n) is 4.85. The zero-order valence-electron chi connectivity index (χ0n) is 15.9. The molecule has 0 saturated heterocycles. The zero-order chi connectivity index (χ0) is 18.5. The molecule has 2 heterocycles. The summed E-state index contributed by atoms with van der Waals surface area (Å²) in [5.41, 5.74) is 4.19. The fourth-order valence-corrected chi connectivity index (χ4v) is 3.33. The average molecular weight is 356 g/mol. The average Bonchev–Trinajstić information content (AvgIpc) is 3.05. The van der Waals surface area contributed by atoms with E-state index in [4.69, 9.17) is 4.74 Å². The first-order chi connectivity index (χ1) is 12.6.